The van der Waals surface area contributed by atoms with Gasteiger partial charge in [0, 0.05) is 12.1 Å². The zero-order valence-corrected chi connectivity index (χ0v) is 10.0. The van der Waals surface area contributed by atoms with Gasteiger partial charge in [0.25, 0.3) is 5.91 Å². The molecule has 0 saturated heterocycles. The summed E-state index contributed by atoms with van der Waals surface area (Å²) in [5.74, 6) is -1.38. The van der Waals surface area contributed by atoms with Crippen molar-refractivity contribution in [3.05, 3.63) is 27.7 Å². The Bertz CT molecular complexity index is 423. The van der Waals surface area contributed by atoms with Crippen molar-refractivity contribution in [1.29, 1.82) is 0 Å². The maximum absolute atomic E-state index is 11.6. The topological polar surface area (TPSA) is 72.2 Å². The van der Waals surface area contributed by atoms with E-state index in [1.807, 2.05) is 0 Å². The highest BCUT2D eigenvalue weighted by Gasteiger charge is 2.17. The molecule has 1 rings (SSSR count). The fraction of sp³-hybridized carbons (Fsp3) is 0.200. The molecule has 0 spiro atoms. The molecule has 1 aromatic rings. The van der Waals surface area contributed by atoms with E-state index >= 15 is 0 Å². The van der Waals surface area contributed by atoms with Crippen LogP contribution in [0.25, 0.3) is 0 Å². The molecule has 6 heteroatoms. The van der Waals surface area contributed by atoms with Gasteiger partial charge in [-0.05, 0) is 19.1 Å². The summed E-state index contributed by atoms with van der Waals surface area (Å²) in [5.41, 5.74) is 5.82. The molecule has 1 aromatic carbocycles. The van der Waals surface area contributed by atoms with Crippen molar-refractivity contribution < 1.29 is 9.59 Å². The van der Waals surface area contributed by atoms with Crippen molar-refractivity contribution in [3.63, 3.8) is 0 Å². The second kappa shape index (κ2) is 5.18. The minimum Gasteiger partial charge on any atom is -0.396 e. The van der Waals surface area contributed by atoms with Crippen LogP contribution in [0.1, 0.15) is 17.3 Å². The van der Waals surface area contributed by atoms with Crippen molar-refractivity contribution in [2.45, 2.75) is 6.92 Å². The number of benzene rings is 1. The second-order valence-electron chi connectivity index (χ2n) is 3.04. The molecule has 16 heavy (non-hydrogen) atoms. The third kappa shape index (κ3) is 2.65. The fourth-order valence-electron chi connectivity index (χ4n) is 1.09. The van der Waals surface area contributed by atoms with Gasteiger partial charge in [0.2, 0.25) is 5.78 Å². The predicted octanol–water partition coefficient (Wildman–Crippen LogP) is 1.89. The third-order valence-electron chi connectivity index (χ3n) is 1.88. The number of anilines is 1. The molecule has 0 unspecified atom stereocenters. The van der Waals surface area contributed by atoms with Crippen LogP contribution >= 0.6 is 23.2 Å². The number of carbonyl (C=O) groups excluding carboxylic acids is 2. The molecule has 1 amide bonds. The standard InChI is InChI=1S/C10H10Cl2N2O2/c1-2-14-10(16)9(15)5-3-6(11)8(13)7(12)4-5/h3-4H,2,13H2,1H3,(H,14,16). The van der Waals surface area contributed by atoms with Crippen molar-refractivity contribution in [1.82, 2.24) is 5.32 Å². The second-order valence-corrected chi connectivity index (χ2v) is 3.86. The van der Waals surface area contributed by atoms with Crippen LogP contribution in [0, 0.1) is 0 Å². The first-order valence-electron chi connectivity index (χ1n) is 4.54. The molecule has 0 atom stereocenters. The number of nitrogen functional groups attached to an aromatic ring is 1. The van der Waals surface area contributed by atoms with E-state index in [0.29, 0.717) is 6.54 Å². The average molecular weight is 261 g/mol. The predicted molar refractivity (Wildman–Crippen MR) is 63.9 cm³/mol. The average Bonchev–Trinajstić information content (AvgIpc) is 2.24. The van der Waals surface area contributed by atoms with Gasteiger partial charge in [0.1, 0.15) is 0 Å². The molecule has 86 valence electrons. The molecule has 0 aromatic heterocycles. The van der Waals surface area contributed by atoms with Gasteiger partial charge in [0.15, 0.2) is 0 Å². The van der Waals surface area contributed by atoms with E-state index in [1.54, 1.807) is 6.92 Å². The van der Waals surface area contributed by atoms with Crippen LogP contribution in [0.5, 0.6) is 0 Å². The molecule has 0 bridgehead atoms. The summed E-state index contributed by atoms with van der Waals surface area (Å²) in [5, 5.41) is 2.70. The number of halogens is 2. The van der Waals surface area contributed by atoms with Gasteiger partial charge in [-0.15, -0.1) is 0 Å². The first-order chi connectivity index (χ1) is 7.47. The number of ketones is 1. The molecular weight excluding hydrogens is 251 g/mol. The first kappa shape index (κ1) is 12.8. The molecule has 0 fully saturated rings. The van der Waals surface area contributed by atoms with Crippen LogP contribution in [-0.2, 0) is 4.79 Å². The van der Waals surface area contributed by atoms with Gasteiger partial charge >= 0.3 is 0 Å². The Morgan fingerprint density at radius 1 is 1.31 bits per heavy atom. The normalized spacial score (nSPS) is 9.94. The molecular formula is C10H10Cl2N2O2. The largest absolute Gasteiger partial charge is 0.396 e. The number of rotatable bonds is 3. The number of hydrogen-bond donors (Lipinski definition) is 2. The zero-order valence-electron chi connectivity index (χ0n) is 8.51. The van der Waals surface area contributed by atoms with Crippen LogP contribution in [0.4, 0.5) is 5.69 Å². The van der Waals surface area contributed by atoms with Gasteiger partial charge in [-0.3, -0.25) is 9.59 Å². The summed E-state index contributed by atoms with van der Waals surface area (Å²) in [6.45, 7) is 2.09. The Balaban J connectivity index is 3.06. The minimum atomic E-state index is -0.695. The monoisotopic (exact) mass is 260 g/mol. The summed E-state index contributed by atoms with van der Waals surface area (Å²) < 4.78 is 0. The molecule has 0 aliphatic heterocycles. The van der Waals surface area contributed by atoms with Crippen molar-refractivity contribution >= 4 is 40.6 Å². The summed E-state index contributed by atoms with van der Waals surface area (Å²) in [7, 11) is 0. The maximum Gasteiger partial charge on any atom is 0.292 e. The smallest absolute Gasteiger partial charge is 0.292 e. The lowest BCUT2D eigenvalue weighted by Gasteiger charge is -2.05. The van der Waals surface area contributed by atoms with Crippen LogP contribution in [0.15, 0.2) is 12.1 Å². The molecule has 3 N–H and O–H groups in total. The number of carbonyl (C=O) groups is 2. The Morgan fingerprint density at radius 3 is 2.25 bits per heavy atom. The summed E-state index contributed by atoms with van der Waals surface area (Å²) in [6.07, 6.45) is 0. The van der Waals surface area contributed by atoms with Crippen LogP contribution in [-0.4, -0.2) is 18.2 Å². The quantitative estimate of drug-likeness (QED) is 0.495. The number of hydrogen-bond acceptors (Lipinski definition) is 3. The molecule has 0 aliphatic rings. The van der Waals surface area contributed by atoms with E-state index in [4.69, 9.17) is 28.9 Å². The highest BCUT2D eigenvalue weighted by atomic mass is 35.5. The number of likely N-dealkylation sites (N-methyl/N-ethyl adjacent to an activating group) is 1. The van der Waals surface area contributed by atoms with Gasteiger partial charge in [0.05, 0.1) is 15.7 Å². The fourth-order valence-corrected chi connectivity index (χ4v) is 1.57. The molecule has 0 heterocycles. The van der Waals surface area contributed by atoms with E-state index in [-0.39, 0.29) is 21.3 Å². The van der Waals surface area contributed by atoms with Gasteiger partial charge < -0.3 is 11.1 Å². The minimum absolute atomic E-state index is 0.121. The summed E-state index contributed by atoms with van der Waals surface area (Å²) in [4.78, 5) is 22.9. The van der Waals surface area contributed by atoms with E-state index in [2.05, 4.69) is 5.32 Å². The van der Waals surface area contributed by atoms with Crippen molar-refractivity contribution in [3.8, 4) is 0 Å². The van der Waals surface area contributed by atoms with Crippen LogP contribution in [0.3, 0.4) is 0 Å². The van der Waals surface area contributed by atoms with E-state index < -0.39 is 11.7 Å². The lowest BCUT2D eigenvalue weighted by atomic mass is 10.1. The van der Waals surface area contributed by atoms with Crippen LogP contribution in [0.2, 0.25) is 10.0 Å². The van der Waals surface area contributed by atoms with Crippen molar-refractivity contribution in [2.24, 2.45) is 0 Å². The molecule has 4 nitrogen and oxygen atoms in total. The Morgan fingerprint density at radius 2 is 1.81 bits per heavy atom. The van der Waals surface area contributed by atoms with Crippen LogP contribution < -0.4 is 11.1 Å². The lowest BCUT2D eigenvalue weighted by molar-refractivity contribution is -0.116. The Kier molecular flexibility index (Phi) is 4.15. The first-order valence-corrected chi connectivity index (χ1v) is 5.30. The van der Waals surface area contributed by atoms with Gasteiger partial charge in [-0.25, -0.2) is 0 Å². The van der Waals surface area contributed by atoms with Crippen molar-refractivity contribution in [2.75, 3.05) is 12.3 Å². The van der Waals surface area contributed by atoms with E-state index in [0.717, 1.165) is 0 Å². The van der Waals surface area contributed by atoms with E-state index in [9.17, 15) is 9.59 Å². The van der Waals surface area contributed by atoms with Gasteiger partial charge in [-0.2, -0.15) is 0 Å². The molecule has 0 radical (unpaired) electrons. The number of nitrogens with two attached hydrogens (primary N) is 1. The molecule has 0 aliphatic carbocycles. The maximum atomic E-state index is 11.6. The Labute approximate surface area is 103 Å². The molecule has 0 saturated carbocycles. The lowest BCUT2D eigenvalue weighted by Crippen LogP contribution is -2.30. The zero-order chi connectivity index (χ0) is 12.3. The highest BCUT2D eigenvalue weighted by molar-refractivity contribution is 6.45. The number of nitrogens with one attached hydrogen (secondary N) is 1. The highest BCUT2D eigenvalue weighted by Crippen LogP contribution is 2.28. The SMILES string of the molecule is CCNC(=O)C(=O)c1cc(Cl)c(N)c(Cl)c1. The number of amides is 1. The third-order valence-corrected chi connectivity index (χ3v) is 2.51. The van der Waals surface area contributed by atoms with E-state index in [1.165, 1.54) is 12.1 Å². The summed E-state index contributed by atoms with van der Waals surface area (Å²) in [6, 6.07) is 2.64. The van der Waals surface area contributed by atoms with Gasteiger partial charge in [-0.1, -0.05) is 23.2 Å². The summed E-state index contributed by atoms with van der Waals surface area (Å²) >= 11 is 11.5. The Hall–Kier alpha value is -1.26. The number of Topliss-reactive ketones (excluding diaryl/α,β-unsaturated/α-hetero) is 1.